The number of nitrogens with two attached hydrogens (primary N) is 1. The van der Waals surface area contributed by atoms with Gasteiger partial charge in [0.1, 0.15) is 5.75 Å². The van der Waals surface area contributed by atoms with Crippen LogP contribution in [0.5, 0.6) is 5.75 Å². The van der Waals surface area contributed by atoms with Gasteiger partial charge in [-0.05, 0) is 38.5 Å². The van der Waals surface area contributed by atoms with Gasteiger partial charge >= 0.3 is 0 Å². The van der Waals surface area contributed by atoms with E-state index in [-0.39, 0.29) is 5.54 Å². The first kappa shape index (κ1) is 13.4. The van der Waals surface area contributed by atoms with Crippen molar-refractivity contribution in [1.82, 2.24) is 0 Å². The average Bonchev–Trinajstić information content (AvgIpc) is 2.15. The van der Waals surface area contributed by atoms with Gasteiger partial charge in [-0.1, -0.05) is 12.1 Å². The van der Waals surface area contributed by atoms with Gasteiger partial charge in [0, 0.05) is 17.0 Å². The fourth-order valence-corrected chi connectivity index (χ4v) is 2.13. The lowest BCUT2D eigenvalue weighted by molar-refractivity contribution is 0.343. The Morgan fingerprint density at radius 1 is 1.38 bits per heavy atom. The number of rotatable bonds is 6. The van der Waals surface area contributed by atoms with Gasteiger partial charge in [0.2, 0.25) is 0 Å². The molecule has 0 unspecified atom stereocenters. The number of aryl methyl sites for hydroxylation is 1. The van der Waals surface area contributed by atoms with Crippen molar-refractivity contribution >= 4 is 11.8 Å². The number of benzene rings is 1. The molecule has 1 aromatic rings. The average molecular weight is 239 g/mol. The SMILES string of the molecule is Cc1cccc(OCCSCC(C)(C)N)c1. The monoisotopic (exact) mass is 239 g/mol. The summed E-state index contributed by atoms with van der Waals surface area (Å²) in [4.78, 5) is 0. The standard InChI is InChI=1S/C13H21NOS/c1-11-5-4-6-12(9-11)15-7-8-16-10-13(2,3)14/h4-6,9H,7-8,10,14H2,1-3H3. The van der Waals surface area contributed by atoms with Crippen LogP contribution in [0.2, 0.25) is 0 Å². The molecule has 0 radical (unpaired) electrons. The van der Waals surface area contributed by atoms with E-state index < -0.39 is 0 Å². The lowest BCUT2D eigenvalue weighted by Gasteiger charge is -2.17. The summed E-state index contributed by atoms with van der Waals surface area (Å²) in [7, 11) is 0. The fourth-order valence-electron chi connectivity index (χ4n) is 1.26. The molecule has 0 saturated carbocycles. The van der Waals surface area contributed by atoms with Crippen molar-refractivity contribution in [2.75, 3.05) is 18.1 Å². The zero-order chi connectivity index (χ0) is 12.0. The lowest BCUT2D eigenvalue weighted by atomic mass is 10.1. The number of hydrogen-bond acceptors (Lipinski definition) is 3. The summed E-state index contributed by atoms with van der Waals surface area (Å²) in [5.74, 6) is 2.89. The van der Waals surface area contributed by atoms with E-state index in [1.165, 1.54) is 5.56 Å². The molecule has 90 valence electrons. The van der Waals surface area contributed by atoms with Crippen molar-refractivity contribution < 1.29 is 4.74 Å². The molecule has 0 aromatic heterocycles. The molecule has 0 atom stereocenters. The zero-order valence-corrected chi connectivity index (χ0v) is 11.1. The third-order valence-corrected chi connectivity index (χ3v) is 3.36. The number of thioether (sulfide) groups is 1. The van der Waals surface area contributed by atoms with E-state index in [0.717, 1.165) is 23.9 Å². The van der Waals surface area contributed by atoms with Crippen LogP contribution >= 0.6 is 11.8 Å². The van der Waals surface area contributed by atoms with E-state index in [1.807, 2.05) is 37.7 Å². The molecule has 1 rings (SSSR count). The maximum atomic E-state index is 5.89. The van der Waals surface area contributed by atoms with Crippen LogP contribution in [0.25, 0.3) is 0 Å². The van der Waals surface area contributed by atoms with Crippen molar-refractivity contribution in [2.45, 2.75) is 26.3 Å². The van der Waals surface area contributed by atoms with Gasteiger partial charge < -0.3 is 10.5 Å². The van der Waals surface area contributed by atoms with Crippen LogP contribution in [0, 0.1) is 6.92 Å². The number of hydrogen-bond donors (Lipinski definition) is 1. The van der Waals surface area contributed by atoms with Crippen LogP contribution in [-0.4, -0.2) is 23.7 Å². The van der Waals surface area contributed by atoms with Crippen molar-refractivity contribution in [3.8, 4) is 5.75 Å². The van der Waals surface area contributed by atoms with Gasteiger partial charge in [-0.2, -0.15) is 11.8 Å². The summed E-state index contributed by atoms with van der Waals surface area (Å²) < 4.78 is 5.64. The molecule has 0 bridgehead atoms. The molecule has 0 spiro atoms. The first-order valence-electron chi connectivity index (χ1n) is 5.53. The highest BCUT2D eigenvalue weighted by Crippen LogP contribution is 2.14. The normalized spacial score (nSPS) is 11.5. The summed E-state index contributed by atoms with van der Waals surface area (Å²) >= 11 is 1.83. The van der Waals surface area contributed by atoms with E-state index in [9.17, 15) is 0 Å². The van der Waals surface area contributed by atoms with Gasteiger partial charge in [-0.15, -0.1) is 0 Å². The van der Waals surface area contributed by atoms with Gasteiger partial charge in [0.25, 0.3) is 0 Å². The van der Waals surface area contributed by atoms with Crippen LogP contribution in [0.3, 0.4) is 0 Å². The molecule has 1 aromatic carbocycles. The topological polar surface area (TPSA) is 35.2 Å². The molecular formula is C13H21NOS. The Hall–Kier alpha value is -0.670. The van der Waals surface area contributed by atoms with Crippen molar-refractivity contribution in [3.63, 3.8) is 0 Å². The second-order valence-electron chi connectivity index (χ2n) is 4.71. The Bertz CT molecular complexity index is 320. The molecule has 0 heterocycles. The third-order valence-electron chi connectivity index (χ3n) is 1.96. The minimum absolute atomic E-state index is 0.0893. The highest BCUT2D eigenvalue weighted by molar-refractivity contribution is 7.99. The molecule has 2 nitrogen and oxygen atoms in total. The molecular weight excluding hydrogens is 218 g/mol. The van der Waals surface area contributed by atoms with Gasteiger partial charge in [0.15, 0.2) is 0 Å². The Morgan fingerprint density at radius 3 is 2.75 bits per heavy atom. The van der Waals surface area contributed by atoms with Crippen LogP contribution in [0.4, 0.5) is 0 Å². The molecule has 0 aliphatic rings. The van der Waals surface area contributed by atoms with Crippen LogP contribution < -0.4 is 10.5 Å². The molecule has 16 heavy (non-hydrogen) atoms. The third kappa shape index (κ3) is 6.03. The van der Waals surface area contributed by atoms with E-state index in [4.69, 9.17) is 10.5 Å². The minimum Gasteiger partial charge on any atom is -0.493 e. The second kappa shape index (κ2) is 6.16. The summed E-state index contributed by atoms with van der Waals surface area (Å²) in [5, 5.41) is 0. The molecule has 0 aliphatic heterocycles. The summed E-state index contributed by atoms with van der Waals surface area (Å²) in [6.07, 6.45) is 0. The molecule has 0 amide bonds. The lowest BCUT2D eigenvalue weighted by Crippen LogP contribution is -2.34. The van der Waals surface area contributed by atoms with E-state index in [2.05, 4.69) is 19.1 Å². The summed E-state index contributed by atoms with van der Waals surface area (Å²) in [6, 6.07) is 8.13. The highest BCUT2D eigenvalue weighted by atomic mass is 32.2. The zero-order valence-electron chi connectivity index (χ0n) is 10.3. The van der Waals surface area contributed by atoms with Crippen LogP contribution in [-0.2, 0) is 0 Å². The molecule has 0 aliphatic carbocycles. The highest BCUT2D eigenvalue weighted by Gasteiger charge is 2.09. The maximum Gasteiger partial charge on any atom is 0.119 e. The van der Waals surface area contributed by atoms with Gasteiger partial charge in [-0.25, -0.2) is 0 Å². The molecule has 0 fully saturated rings. The van der Waals surface area contributed by atoms with Crippen molar-refractivity contribution in [3.05, 3.63) is 29.8 Å². The Balaban J connectivity index is 2.17. The Morgan fingerprint density at radius 2 is 2.12 bits per heavy atom. The summed E-state index contributed by atoms with van der Waals surface area (Å²) in [6.45, 7) is 6.89. The molecule has 0 saturated heterocycles. The van der Waals surface area contributed by atoms with Crippen molar-refractivity contribution in [1.29, 1.82) is 0 Å². The summed E-state index contributed by atoms with van der Waals surface area (Å²) in [5.41, 5.74) is 7.03. The maximum absolute atomic E-state index is 5.89. The number of ether oxygens (including phenoxy) is 1. The molecule has 3 heteroatoms. The Labute approximate surface area is 103 Å². The van der Waals surface area contributed by atoms with E-state index >= 15 is 0 Å². The van der Waals surface area contributed by atoms with Gasteiger partial charge in [-0.3, -0.25) is 0 Å². The van der Waals surface area contributed by atoms with Crippen LogP contribution in [0.1, 0.15) is 19.4 Å². The molecule has 2 N–H and O–H groups in total. The predicted octanol–water partition coefficient (Wildman–Crippen LogP) is 2.84. The largest absolute Gasteiger partial charge is 0.493 e. The predicted molar refractivity (Wildman–Crippen MR) is 72.3 cm³/mol. The Kier molecular flexibility index (Phi) is 5.16. The van der Waals surface area contributed by atoms with Crippen LogP contribution in [0.15, 0.2) is 24.3 Å². The first-order valence-corrected chi connectivity index (χ1v) is 6.69. The second-order valence-corrected chi connectivity index (χ2v) is 5.81. The van der Waals surface area contributed by atoms with E-state index in [1.54, 1.807) is 0 Å². The minimum atomic E-state index is -0.0893. The fraction of sp³-hybridized carbons (Fsp3) is 0.538. The van der Waals surface area contributed by atoms with E-state index in [0.29, 0.717) is 0 Å². The smallest absolute Gasteiger partial charge is 0.119 e. The first-order chi connectivity index (χ1) is 7.47. The van der Waals surface area contributed by atoms with Gasteiger partial charge in [0.05, 0.1) is 6.61 Å². The van der Waals surface area contributed by atoms with Crippen molar-refractivity contribution in [2.24, 2.45) is 5.73 Å². The quantitative estimate of drug-likeness (QED) is 0.775.